The van der Waals surface area contributed by atoms with E-state index < -0.39 is 0 Å². The van der Waals surface area contributed by atoms with E-state index in [-0.39, 0.29) is 24.0 Å². The largest absolute Gasteiger partial charge is 1.00 e. The number of pyridine rings is 1. The zero-order chi connectivity index (χ0) is 25.9. The molecule has 0 atom stereocenters. The first-order valence-corrected chi connectivity index (χ1v) is 13.5. The molecule has 2 aromatic heterocycles. The molecular formula is C34H28IN3S. The number of aromatic nitrogens is 2. The van der Waals surface area contributed by atoms with Crippen LogP contribution < -0.4 is 28.5 Å². The summed E-state index contributed by atoms with van der Waals surface area (Å²) in [6.45, 7) is 0. The molecule has 0 spiro atoms. The molecule has 0 fully saturated rings. The SMILES string of the molecule is CN(C)C(=Cc1ccccc1)c1cc(-c2ccccc2)cc(-c2ccccc2)[n+]1-c1nc2ccccc2s1.[I-]. The Labute approximate surface area is 250 Å². The minimum absolute atomic E-state index is 0. The van der Waals surface area contributed by atoms with Crippen LogP contribution in [0.5, 0.6) is 0 Å². The lowest BCUT2D eigenvalue weighted by atomic mass is 10.00. The number of nitrogens with zero attached hydrogens (tertiary/aromatic N) is 3. The molecular weight excluding hydrogens is 609 g/mol. The van der Waals surface area contributed by atoms with Crippen LogP contribution in [0.15, 0.2) is 127 Å². The van der Waals surface area contributed by atoms with E-state index in [0.717, 1.165) is 44.4 Å². The highest BCUT2D eigenvalue weighted by Crippen LogP contribution is 2.32. The number of para-hydroxylation sites is 1. The zero-order valence-electron chi connectivity index (χ0n) is 21.8. The van der Waals surface area contributed by atoms with Crippen LogP contribution in [0.2, 0.25) is 0 Å². The first-order chi connectivity index (χ1) is 18.7. The van der Waals surface area contributed by atoms with Crippen molar-refractivity contribution in [2.45, 2.75) is 0 Å². The molecule has 0 aliphatic rings. The second-order valence-corrected chi connectivity index (χ2v) is 10.4. The number of thiazole rings is 1. The van der Waals surface area contributed by atoms with Crippen molar-refractivity contribution in [2.24, 2.45) is 0 Å². The fraction of sp³-hybridized carbons (Fsp3) is 0.0588. The van der Waals surface area contributed by atoms with E-state index in [1.807, 2.05) is 0 Å². The van der Waals surface area contributed by atoms with Crippen LogP contribution in [0.1, 0.15) is 11.3 Å². The summed E-state index contributed by atoms with van der Waals surface area (Å²) in [5, 5.41) is 0.945. The Morgan fingerprint density at radius 2 is 1.28 bits per heavy atom. The lowest BCUT2D eigenvalue weighted by Crippen LogP contribution is -3.00. The van der Waals surface area contributed by atoms with Crippen LogP contribution >= 0.6 is 11.3 Å². The van der Waals surface area contributed by atoms with Gasteiger partial charge in [-0.2, -0.15) is 4.57 Å². The molecule has 6 aromatic rings. The van der Waals surface area contributed by atoms with Crippen LogP contribution in [0, 0.1) is 0 Å². The van der Waals surface area contributed by atoms with Crippen LogP contribution in [0.3, 0.4) is 0 Å². The normalized spacial score (nSPS) is 11.3. The van der Waals surface area contributed by atoms with Gasteiger partial charge in [-0.1, -0.05) is 103 Å². The molecule has 0 saturated heterocycles. The Hall–Kier alpha value is -3.81. The van der Waals surface area contributed by atoms with Gasteiger partial charge in [0.15, 0.2) is 11.2 Å². The first-order valence-electron chi connectivity index (χ1n) is 12.7. The van der Waals surface area contributed by atoms with Crippen molar-refractivity contribution in [1.29, 1.82) is 0 Å². The van der Waals surface area contributed by atoms with Gasteiger partial charge in [0.2, 0.25) is 0 Å². The van der Waals surface area contributed by atoms with Crippen molar-refractivity contribution in [3.63, 3.8) is 0 Å². The highest BCUT2D eigenvalue weighted by atomic mass is 127. The van der Waals surface area contributed by atoms with Crippen LogP contribution in [0.4, 0.5) is 0 Å². The van der Waals surface area contributed by atoms with Crippen molar-refractivity contribution in [1.82, 2.24) is 9.88 Å². The lowest BCUT2D eigenvalue weighted by molar-refractivity contribution is -0.586. The van der Waals surface area contributed by atoms with E-state index in [4.69, 9.17) is 4.98 Å². The van der Waals surface area contributed by atoms with Gasteiger partial charge in [-0.15, -0.1) is 0 Å². The van der Waals surface area contributed by atoms with Gasteiger partial charge in [0.1, 0.15) is 5.69 Å². The third-order valence-electron chi connectivity index (χ3n) is 6.56. The molecule has 5 heteroatoms. The minimum atomic E-state index is 0. The molecule has 39 heavy (non-hydrogen) atoms. The number of rotatable bonds is 6. The second kappa shape index (κ2) is 11.9. The van der Waals surface area contributed by atoms with Crippen LogP contribution in [0.25, 0.3) is 49.5 Å². The Morgan fingerprint density at radius 1 is 0.692 bits per heavy atom. The summed E-state index contributed by atoms with van der Waals surface area (Å²) in [6, 6.07) is 44.6. The van der Waals surface area contributed by atoms with E-state index in [9.17, 15) is 0 Å². The standard InChI is InChI=1S/C34H28N3S.HI/c1-36(2)31(22-25-14-6-3-7-15-25)32-24-28(26-16-8-4-9-17-26)23-30(27-18-10-5-11-19-27)37(32)34-35-29-20-12-13-21-33(29)38-34;/h3-24H,1-2H3;1H/q+1;/p-1. The Bertz CT molecular complexity index is 1690. The molecule has 0 unspecified atom stereocenters. The predicted molar refractivity (Wildman–Crippen MR) is 160 cm³/mol. The highest BCUT2D eigenvalue weighted by molar-refractivity contribution is 7.20. The lowest BCUT2D eigenvalue weighted by Gasteiger charge is -2.21. The molecule has 192 valence electrons. The number of benzene rings is 4. The number of halogens is 1. The van der Waals surface area contributed by atoms with Gasteiger partial charge in [-0.05, 0) is 63.4 Å². The van der Waals surface area contributed by atoms with Gasteiger partial charge in [-0.25, -0.2) is 0 Å². The van der Waals surface area contributed by atoms with Gasteiger partial charge >= 0.3 is 5.13 Å². The van der Waals surface area contributed by atoms with E-state index in [1.54, 1.807) is 11.3 Å². The molecule has 0 radical (unpaired) electrons. The first kappa shape index (κ1) is 26.8. The smallest absolute Gasteiger partial charge is 0.389 e. The van der Waals surface area contributed by atoms with Crippen LogP contribution in [-0.2, 0) is 0 Å². The monoisotopic (exact) mass is 637 g/mol. The summed E-state index contributed by atoms with van der Waals surface area (Å²) in [4.78, 5) is 7.31. The summed E-state index contributed by atoms with van der Waals surface area (Å²) in [6.07, 6.45) is 2.25. The molecule has 4 aromatic carbocycles. The Balaban J connectivity index is 0.00000308. The number of fused-ring (bicyclic) bond motifs is 1. The number of hydrogen-bond acceptors (Lipinski definition) is 3. The van der Waals surface area contributed by atoms with Crippen molar-refractivity contribution in [3.05, 3.63) is 139 Å². The maximum atomic E-state index is 5.12. The van der Waals surface area contributed by atoms with Gasteiger partial charge in [0, 0.05) is 19.7 Å². The molecule has 0 bridgehead atoms. The average molecular weight is 638 g/mol. The van der Waals surface area contributed by atoms with E-state index in [0.29, 0.717) is 0 Å². The maximum Gasteiger partial charge on any atom is 0.389 e. The van der Waals surface area contributed by atoms with Crippen molar-refractivity contribution in [3.8, 4) is 27.5 Å². The fourth-order valence-electron chi connectivity index (χ4n) is 4.70. The van der Waals surface area contributed by atoms with Crippen LogP contribution in [-0.4, -0.2) is 24.0 Å². The summed E-state index contributed by atoms with van der Waals surface area (Å²) in [5.41, 5.74) is 8.93. The minimum Gasteiger partial charge on any atom is -1.00 e. The van der Waals surface area contributed by atoms with Gasteiger partial charge in [0.05, 0.1) is 10.4 Å². The molecule has 6 rings (SSSR count). The molecule has 3 nitrogen and oxygen atoms in total. The molecule has 0 amide bonds. The maximum absolute atomic E-state index is 5.12. The molecule has 0 N–H and O–H groups in total. The summed E-state index contributed by atoms with van der Waals surface area (Å²) < 4.78 is 3.49. The zero-order valence-corrected chi connectivity index (χ0v) is 24.8. The average Bonchev–Trinajstić information content (AvgIpc) is 3.40. The van der Waals surface area contributed by atoms with Gasteiger partial charge in [0.25, 0.3) is 0 Å². The third-order valence-corrected chi connectivity index (χ3v) is 7.59. The summed E-state index contributed by atoms with van der Waals surface area (Å²) in [5.74, 6) is 0. The predicted octanol–water partition coefficient (Wildman–Crippen LogP) is 4.97. The van der Waals surface area contributed by atoms with Gasteiger partial charge < -0.3 is 28.9 Å². The van der Waals surface area contributed by atoms with E-state index in [1.165, 1.54) is 10.3 Å². The van der Waals surface area contributed by atoms with E-state index >= 15 is 0 Å². The highest BCUT2D eigenvalue weighted by Gasteiger charge is 2.27. The third kappa shape index (κ3) is 5.65. The van der Waals surface area contributed by atoms with Crippen molar-refractivity contribution >= 4 is 33.3 Å². The molecule has 0 aliphatic carbocycles. The Kier molecular flexibility index (Phi) is 8.19. The summed E-state index contributed by atoms with van der Waals surface area (Å²) >= 11 is 1.72. The molecule has 2 heterocycles. The quantitative estimate of drug-likeness (QED) is 0.190. The van der Waals surface area contributed by atoms with Crippen molar-refractivity contribution < 1.29 is 28.5 Å². The molecule has 0 saturated carbocycles. The van der Waals surface area contributed by atoms with Gasteiger partial charge in [-0.3, -0.25) is 0 Å². The summed E-state index contributed by atoms with van der Waals surface area (Å²) in [7, 11) is 4.21. The van der Waals surface area contributed by atoms with E-state index in [2.05, 4.69) is 157 Å². The topological polar surface area (TPSA) is 20.0 Å². The molecule has 0 aliphatic heterocycles. The fourth-order valence-corrected chi connectivity index (χ4v) is 5.70. The Morgan fingerprint density at radius 3 is 1.92 bits per heavy atom. The number of hydrogen-bond donors (Lipinski definition) is 0. The second-order valence-electron chi connectivity index (χ2n) is 9.38. The van der Waals surface area contributed by atoms with Crippen molar-refractivity contribution in [2.75, 3.05) is 14.1 Å².